The molecule has 1 nitrogen and oxygen atoms in total. The Labute approximate surface area is 64.5 Å². The fraction of sp³-hybridized carbons (Fsp3) is 0.833. The molecule has 1 fully saturated rings. The molecule has 1 aliphatic rings. The molecule has 0 N–H and O–H groups in total. The lowest BCUT2D eigenvalue weighted by molar-refractivity contribution is -0.302. The smallest absolute Gasteiger partial charge is 0.303 e. The van der Waals surface area contributed by atoms with Crippen LogP contribution in [0.4, 0.5) is 22.0 Å². The van der Waals surface area contributed by atoms with Crippen molar-refractivity contribution in [2.24, 2.45) is 5.41 Å². The average molecular weight is 188 g/mol. The Morgan fingerprint density at radius 3 is 1.58 bits per heavy atom. The molecule has 0 heterocycles. The molecule has 1 aliphatic carbocycles. The number of carbonyl (C=O) groups is 1. The molecule has 70 valence electrons. The van der Waals surface area contributed by atoms with E-state index in [0.717, 1.165) is 0 Å². The molecule has 0 aromatic heterocycles. The maximum absolute atomic E-state index is 12.4. The van der Waals surface area contributed by atoms with Gasteiger partial charge in [0, 0.05) is 0 Å². The van der Waals surface area contributed by atoms with Crippen molar-refractivity contribution in [2.75, 3.05) is 0 Å². The van der Waals surface area contributed by atoms with Gasteiger partial charge in [-0.05, 0) is 12.8 Å². The summed E-state index contributed by atoms with van der Waals surface area (Å²) in [6, 6.07) is 0. The van der Waals surface area contributed by atoms with Gasteiger partial charge < -0.3 is 4.79 Å². The Morgan fingerprint density at radius 1 is 1.08 bits per heavy atom. The Kier molecular flexibility index (Phi) is 1.70. The molecule has 0 aromatic rings. The number of carbonyl (C=O) groups excluding carboxylic acids is 1. The summed E-state index contributed by atoms with van der Waals surface area (Å²) in [5, 5.41) is 0. The number of hydrogen-bond donors (Lipinski definition) is 0. The maximum Gasteiger partial charge on any atom is 0.454 e. The standard InChI is InChI=1S/C6H5F5O/c7-5(8,6(9,10)11)4(3-12)1-2-4/h3H,1-2H2. The molecule has 0 atom stereocenters. The zero-order valence-electron chi connectivity index (χ0n) is 5.79. The van der Waals surface area contributed by atoms with Crippen molar-refractivity contribution in [3.63, 3.8) is 0 Å². The van der Waals surface area contributed by atoms with Gasteiger partial charge in [0.05, 0.1) is 5.41 Å². The van der Waals surface area contributed by atoms with Gasteiger partial charge in [-0.15, -0.1) is 0 Å². The molecule has 0 saturated heterocycles. The van der Waals surface area contributed by atoms with E-state index in [1.165, 1.54) is 0 Å². The number of halogens is 5. The van der Waals surface area contributed by atoms with Crippen LogP contribution in [0.15, 0.2) is 0 Å². The van der Waals surface area contributed by atoms with Crippen LogP contribution in [0, 0.1) is 5.41 Å². The third-order valence-corrected chi connectivity index (χ3v) is 2.00. The first-order valence-corrected chi connectivity index (χ1v) is 3.18. The topological polar surface area (TPSA) is 17.1 Å². The molecule has 1 rings (SSSR count). The van der Waals surface area contributed by atoms with E-state index in [2.05, 4.69) is 0 Å². The molecular weight excluding hydrogens is 183 g/mol. The van der Waals surface area contributed by atoms with Crippen LogP contribution in [0.25, 0.3) is 0 Å². The fourth-order valence-electron chi connectivity index (χ4n) is 0.923. The van der Waals surface area contributed by atoms with Gasteiger partial charge in [-0.2, -0.15) is 22.0 Å². The highest BCUT2D eigenvalue weighted by Gasteiger charge is 2.74. The van der Waals surface area contributed by atoms with Crippen molar-refractivity contribution in [1.29, 1.82) is 0 Å². The van der Waals surface area contributed by atoms with E-state index in [0.29, 0.717) is 0 Å². The van der Waals surface area contributed by atoms with Crippen LogP contribution in [0.5, 0.6) is 0 Å². The minimum atomic E-state index is -5.62. The van der Waals surface area contributed by atoms with Gasteiger partial charge in [-0.25, -0.2) is 0 Å². The lowest BCUT2D eigenvalue weighted by Gasteiger charge is -2.24. The molecule has 1 saturated carbocycles. The van der Waals surface area contributed by atoms with Gasteiger partial charge in [0.25, 0.3) is 0 Å². The Balaban J connectivity index is 2.92. The summed E-state index contributed by atoms with van der Waals surface area (Å²) < 4.78 is 59.8. The van der Waals surface area contributed by atoms with Crippen molar-refractivity contribution in [2.45, 2.75) is 24.9 Å². The fourth-order valence-corrected chi connectivity index (χ4v) is 0.923. The third kappa shape index (κ3) is 1.01. The average Bonchev–Trinajstić information content (AvgIpc) is 2.64. The second-order valence-corrected chi connectivity index (χ2v) is 2.85. The van der Waals surface area contributed by atoms with Gasteiger partial charge in [0.15, 0.2) is 0 Å². The lowest BCUT2D eigenvalue weighted by atomic mass is 10.00. The van der Waals surface area contributed by atoms with Crippen LogP contribution in [0.3, 0.4) is 0 Å². The molecule has 0 aliphatic heterocycles. The summed E-state index contributed by atoms with van der Waals surface area (Å²) in [5.74, 6) is -4.87. The SMILES string of the molecule is O=CC1(C(F)(F)C(F)(F)F)CC1. The number of rotatable bonds is 2. The van der Waals surface area contributed by atoms with E-state index in [9.17, 15) is 26.7 Å². The quantitative estimate of drug-likeness (QED) is 0.479. The second-order valence-electron chi connectivity index (χ2n) is 2.85. The summed E-state index contributed by atoms with van der Waals surface area (Å²) >= 11 is 0. The normalized spacial score (nSPS) is 22.1. The maximum atomic E-state index is 12.4. The van der Waals surface area contributed by atoms with Crippen molar-refractivity contribution in [3.05, 3.63) is 0 Å². The van der Waals surface area contributed by atoms with Crippen LogP contribution in [0.1, 0.15) is 12.8 Å². The first-order chi connectivity index (χ1) is 5.27. The Morgan fingerprint density at radius 2 is 1.50 bits per heavy atom. The number of aldehydes is 1. The zero-order valence-corrected chi connectivity index (χ0v) is 5.79. The van der Waals surface area contributed by atoms with E-state index >= 15 is 0 Å². The van der Waals surface area contributed by atoms with Crippen molar-refractivity contribution < 1.29 is 26.7 Å². The van der Waals surface area contributed by atoms with Gasteiger partial charge in [-0.1, -0.05) is 0 Å². The van der Waals surface area contributed by atoms with E-state index in [1.54, 1.807) is 0 Å². The van der Waals surface area contributed by atoms with Crippen LogP contribution < -0.4 is 0 Å². The number of alkyl halides is 5. The van der Waals surface area contributed by atoms with Gasteiger partial charge in [-0.3, -0.25) is 0 Å². The van der Waals surface area contributed by atoms with Gasteiger partial charge >= 0.3 is 12.1 Å². The highest BCUT2D eigenvalue weighted by molar-refractivity contribution is 5.65. The lowest BCUT2D eigenvalue weighted by Crippen LogP contribution is -2.45. The van der Waals surface area contributed by atoms with Gasteiger partial charge in [0.2, 0.25) is 0 Å². The molecule has 0 bridgehead atoms. The molecular formula is C6H5F5O. The third-order valence-electron chi connectivity index (χ3n) is 2.00. The van der Waals surface area contributed by atoms with Crippen molar-refractivity contribution >= 4 is 6.29 Å². The summed E-state index contributed by atoms with van der Waals surface area (Å²) in [6.45, 7) is 0. The first kappa shape index (κ1) is 9.41. The first-order valence-electron chi connectivity index (χ1n) is 3.18. The Bertz CT molecular complexity index is 202. The minimum Gasteiger partial charge on any atom is -0.303 e. The van der Waals surface area contributed by atoms with Crippen LogP contribution in [-0.4, -0.2) is 18.4 Å². The zero-order chi connectivity index (χ0) is 9.62. The summed E-state index contributed by atoms with van der Waals surface area (Å²) in [6.07, 6.45) is -6.68. The van der Waals surface area contributed by atoms with E-state index in [-0.39, 0.29) is 19.1 Å². The van der Waals surface area contributed by atoms with Crippen molar-refractivity contribution in [3.8, 4) is 0 Å². The monoisotopic (exact) mass is 188 g/mol. The molecule has 0 spiro atoms. The van der Waals surface area contributed by atoms with E-state index in [1.807, 2.05) is 0 Å². The van der Waals surface area contributed by atoms with Crippen LogP contribution >= 0.6 is 0 Å². The van der Waals surface area contributed by atoms with Crippen molar-refractivity contribution in [1.82, 2.24) is 0 Å². The Hall–Kier alpha value is -0.680. The second kappa shape index (κ2) is 2.17. The molecule has 6 heteroatoms. The van der Waals surface area contributed by atoms with Crippen LogP contribution in [0.2, 0.25) is 0 Å². The summed E-state index contributed by atoms with van der Waals surface area (Å²) in [5.41, 5.74) is -2.47. The molecule has 0 radical (unpaired) electrons. The highest BCUT2D eigenvalue weighted by Crippen LogP contribution is 2.60. The highest BCUT2D eigenvalue weighted by atomic mass is 19.4. The largest absolute Gasteiger partial charge is 0.454 e. The van der Waals surface area contributed by atoms with E-state index < -0.39 is 17.5 Å². The molecule has 12 heavy (non-hydrogen) atoms. The number of hydrogen-bond acceptors (Lipinski definition) is 1. The molecule has 0 unspecified atom stereocenters. The summed E-state index contributed by atoms with van der Waals surface area (Å²) in [4.78, 5) is 10.0. The molecule has 0 aromatic carbocycles. The van der Waals surface area contributed by atoms with Crippen LogP contribution in [-0.2, 0) is 4.79 Å². The predicted molar refractivity (Wildman–Crippen MR) is 28.7 cm³/mol. The van der Waals surface area contributed by atoms with Gasteiger partial charge in [0.1, 0.15) is 6.29 Å². The molecule has 0 amide bonds. The predicted octanol–water partition coefficient (Wildman–Crippen LogP) is 2.16. The summed E-state index contributed by atoms with van der Waals surface area (Å²) in [7, 11) is 0. The van der Waals surface area contributed by atoms with E-state index in [4.69, 9.17) is 0 Å². The minimum absolute atomic E-state index is 0.291.